The molecular formula is C21H30N2O4S. The van der Waals surface area contributed by atoms with E-state index in [1.54, 1.807) is 7.11 Å². The van der Waals surface area contributed by atoms with Gasteiger partial charge in [0.2, 0.25) is 5.91 Å². The molecule has 1 aliphatic carbocycles. The minimum atomic E-state index is -3.01. The number of rotatable bonds is 6. The lowest BCUT2D eigenvalue weighted by Crippen LogP contribution is -2.48. The summed E-state index contributed by atoms with van der Waals surface area (Å²) in [4.78, 5) is 14.9. The summed E-state index contributed by atoms with van der Waals surface area (Å²) < 4.78 is 28.4. The van der Waals surface area contributed by atoms with Gasteiger partial charge in [-0.05, 0) is 49.8 Å². The lowest BCUT2D eigenvalue weighted by Gasteiger charge is -2.35. The fraction of sp³-hybridized carbons (Fsp3) is 0.667. The zero-order valence-corrected chi connectivity index (χ0v) is 17.3. The molecule has 1 unspecified atom stereocenters. The first-order chi connectivity index (χ1) is 13.4. The third kappa shape index (κ3) is 4.35. The van der Waals surface area contributed by atoms with E-state index in [9.17, 15) is 13.2 Å². The standard InChI is InChI=1S/C21H30N2O4S/c1-27-19-4-2-17(3-5-19)21(9-10-21)15-23-11-6-18(7-12-23)22-20(24)16-8-13-28(25,26)14-16/h2-5,16,18H,6-15H2,1H3,(H,22,24). The van der Waals surface area contributed by atoms with Crippen LogP contribution in [-0.2, 0) is 20.0 Å². The van der Waals surface area contributed by atoms with Gasteiger partial charge in [-0.15, -0.1) is 0 Å². The number of likely N-dealkylation sites (tertiary alicyclic amines) is 1. The monoisotopic (exact) mass is 406 g/mol. The number of nitrogens with one attached hydrogen (secondary N) is 1. The molecule has 7 heteroatoms. The van der Waals surface area contributed by atoms with Crippen LogP contribution in [-0.4, -0.2) is 63.5 Å². The van der Waals surface area contributed by atoms with Gasteiger partial charge in [-0.3, -0.25) is 4.79 Å². The number of hydrogen-bond acceptors (Lipinski definition) is 5. The maximum Gasteiger partial charge on any atom is 0.224 e. The van der Waals surface area contributed by atoms with E-state index in [-0.39, 0.29) is 34.8 Å². The predicted octanol–water partition coefficient (Wildman–Crippen LogP) is 1.74. The van der Waals surface area contributed by atoms with E-state index < -0.39 is 9.84 Å². The van der Waals surface area contributed by atoms with Crippen LogP contribution in [0, 0.1) is 5.92 Å². The first kappa shape index (κ1) is 19.7. The number of sulfone groups is 1. The largest absolute Gasteiger partial charge is 0.497 e. The van der Waals surface area contributed by atoms with Gasteiger partial charge >= 0.3 is 0 Å². The molecule has 1 aromatic rings. The molecule has 1 saturated carbocycles. The molecule has 1 N–H and O–H groups in total. The molecular weight excluding hydrogens is 376 g/mol. The molecule has 6 nitrogen and oxygen atoms in total. The number of nitrogens with zero attached hydrogens (tertiary/aromatic N) is 1. The fourth-order valence-corrected chi connectivity index (χ4v) is 6.36. The van der Waals surface area contributed by atoms with Crippen molar-refractivity contribution in [2.24, 2.45) is 5.92 Å². The molecule has 1 atom stereocenters. The Morgan fingerprint density at radius 3 is 2.39 bits per heavy atom. The average Bonchev–Trinajstić information content (AvgIpc) is 3.38. The predicted molar refractivity (Wildman–Crippen MR) is 108 cm³/mol. The summed E-state index contributed by atoms with van der Waals surface area (Å²) in [6.45, 7) is 3.03. The summed E-state index contributed by atoms with van der Waals surface area (Å²) in [5.74, 6) is 0.634. The van der Waals surface area contributed by atoms with Crippen molar-refractivity contribution in [3.8, 4) is 5.75 Å². The Balaban J connectivity index is 1.26. The van der Waals surface area contributed by atoms with Gasteiger partial charge < -0.3 is 15.0 Å². The third-order valence-corrected chi connectivity index (χ3v) is 8.39. The number of ether oxygens (including phenoxy) is 1. The zero-order chi connectivity index (χ0) is 19.8. The van der Waals surface area contributed by atoms with E-state index in [4.69, 9.17) is 4.74 Å². The molecule has 0 radical (unpaired) electrons. The molecule has 28 heavy (non-hydrogen) atoms. The second-order valence-electron chi connectivity index (χ2n) is 8.67. The number of benzene rings is 1. The molecule has 154 valence electrons. The van der Waals surface area contributed by atoms with Gasteiger partial charge in [0.25, 0.3) is 0 Å². The molecule has 2 saturated heterocycles. The second kappa shape index (κ2) is 7.67. The van der Waals surface area contributed by atoms with Crippen LogP contribution in [0.3, 0.4) is 0 Å². The van der Waals surface area contributed by atoms with Crippen LogP contribution in [0.2, 0.25) is 0 Å². The van der Waals surface area contributed by atoms with E-state index in [1.165, 1.54) is 18.4 Å². The van der Waals surface area contributed by atoms with Crippen molar-refractivity contribution in [2.75, 3.05) is 38.2 Å². The van der Waals surface area contributed by atoms with Gasteiger partial charge in [-0.25, -0.2) is 8.42 Å². The van der Waals surface area contributed by atoms with Crippen molar-refractivity contribution < 1.29 is 17.9 Å². The molecule has 0 spiro atoms. The lowest BCUT2D eigenvalue weighted by atomic mass is 9.93. The average molecular weight is 407 g/mol. The van der Waals surface area contributed by atoms with Crippen molar-refractivity contribution in [3.05, 3.63) is 29.8 Å². The Morgan fingerprint density at radius 2 is 1.86 bits per heavy atom. The number of amides is 1. The first-order valence-corrected chi connectivity index (χ1v) is 12.1. The van der Waals surface area contributed by atoms with E-state index in [0.717, 1.165) is 38.2 Å². The quantitative estimate of drug-likeness (QED) is 0.779. The smallest absolute Gasteiger partial charge is 0.224 e. The maximum atomic E-state index is 12.4. The molecule has 3 aliphatic rings. The molecule has 3 fully saturated rings. The van der Waals surface area contributed by atoms with Gasteiger partial charge in [0.05, 0.1) is 24.5 Å². The van der Waals surface area contributed by atoms with Crippen LogP contribution in [0.5, 0.6) is 5.75 Å². The Morgan fingerprint density at radius 1 is 1.18 bits per heavy atom. The van der Waals surface area contributed by atoms with E-state index in [0.29, 0.717) is 6.42 Å². The molecule has 0 aromatic heterocycles. The summed E-state index contributed by atoms with van der Waals surface area (Å²) in [6.07, 6.45) is 4.80. The van der Waals surface area contributed by atoms with Crippen LogP contribution < -0.4 is 10.1 Å². The van der Waals surface area contributed by atoms with Crippen LogP contribution in [0.25, 0.3) is 0 Å². The Bertz CT molecular complexity index is 809. The summed E-state index contributed by atoms with van der Waals surface area (Å²) in [6, 6.07) is 8.63. The Labute approximate surface area is 167 Å². The highest BCUT2D eigenvalue weighted by molar-refractivity contribution is 7.91. The molecule has 2 heterocycles. The van der Waals surface area contributed by atoms with Gasteiger partial charge in [-0.2, -0.15) is 0 Å². The summed E-state index contributed by atoms with van der Waals surface area (Å²) in [5, 5.41) is 3.10. The number of piperidine rings is 1. The van der Waals surface area contributed by atoms with Crippen molar-refractivity contribution in [1.29, 1.82) is 0 Å². The molecule has 4 rings (SSSR count). The van der Waals surface area contributed by atoms with Crippen LogP contribution in [0.4, 0.5) is 0 Å². The van der Waals surface area contributed by atoms with Gasteiger partial charge in [-0.1, -0.05) is 12.1 Å². The first-order valence-electron chi connectivity index (χ1n) is 10.3. The van der Waals surface area contributed by atoms with E-state index in [1.807, 2.05) is 12.1 Å². The minimum absolute atomic E-state index is 0.0159. The fourth-order valence-electron chi connectivity index (χ4n) is 4.62. The molecule has 0 bridgehead atoms. The summed E-state index contributed by atoms with van der Waals surface area (Å²) in [5.41, 5.74) is 1.67. The number of carbonyl (C=O) groups is 1. The molecule has 1 amide bonds. The van der Waals surface area contributed by atoms with Gasteiger partial charge in [0.15, 0.2) is 9.84 Å². The van der Waals surface area contributed by atoms with Crippen molar-refractivity contribution in [2.45, 2.75) is 43.6 Å². The van der Waals surface area contributed by atoms with E-state index in [2.05, 4.69) is 22.3 Å². The Kier molecular flexibility index (Phi) is 5.40. The molecule has 2 aliphatic heterocycles. The Hall–Kier alpha value is -1.60. The van der Waals surface area contributed by atoms with Crippen LogP contribution in [0.1, 0.15) is 37.7 Å². The second-order valence-corrected chi connectivity index (χ2v) is 10.9. The number of methoxy groups -OCH3 is 1. The highest BCUT2D eigenvalue weighted by Gasteiger charge is 2.45. The van der Waals surface area contributed by atoms with Gasteiger partial charge in [0.1, 0.15) is 5.75 Å². The summed E-state index contributed by atoms with van der Waals surface area (Å²) >= 11 is 0. The normalized spacial score (nSPS) is 26.7. The number of carbonyl (C=O) groups excluding carboxylic acids is 1. The lowest BCUT2D eigenvalue weighted by molar-refractivity contribution is -0.125. The van der Waals surface area contributed by atoms with Crippen LogP contribution >= 0.6 is 0 Å². The van der Waals surface area contributed by atoms with Crippen molar-refractivity contribution in [3.63, 3.8) is 0 Å². The summed E-state index contributed by atoms with van der Waals surface area (Å²) in [7, 11) is -1.32. The topological polar surface area (TPSA) is 75.7 Å². The van der Waals surface area contributed by atoms with Crippen molar-refractivity contribution >= 4 is 15.7 Å². The minimum Gasteiger partial charge on any atom is -0.497 e. The SMILES string of the molecule is COc1ccc(C2(CN3CCC(NC(=O)C4CCS(=O)(=O)C4)CC3)CC2)cc1. The van der Waals surface area contributed by atoms with Crippen molar-refractivity contribution in [1.82, 2.24) is 10.2 Å². The maximum absolute atomic E-state index is 12.4. The van der Waals surface area contributed by atoms with Crippen LogP contribution in [0.15, 0.2) is 24.3 Å². The van der Waals surface area contributed by atoms with Gasteiger partial charge in [0, 0.05) is 31.1 Å². The highest BCUT2D eigenvalue weighted by Crippen LogP contribution is 2.49. The zero-order valence-electron chi connectivity index (χ0n) is 16.5. The highest BCUT2D eigenvalue weighted by atomic mass is 32.2. The third-order valence-electron chi connectivity index (χ3n) is 6.62. The number of hydrogen-bond donors (Lipinski definition) is 1. The molecule has 1 aromatic carbocycles. The van der Waals surface area contributed by atoms with E-state index >= 15 is 0 Å².